The third kappa shape index (κ3) is 4.01. The molecule has 74 valence electrons. The third-order valence-corrected chi connectivity index (χ3v) is 2.28. The number of nitrogens with zero attached hydrogens (tertiary/aromatic N) is 1. The second kappa shape index (κ2) is 6.11. The Labute approximate surface area is 86.5 Å². The highest BCUT2D eigenvalue weighted by Crippen LogP contribution is 1.99. The van der Waals surface area contributed by atoms with Gasteiger partial charge in [-0.05, 0) is 0 Å². The van der Waals surface area contributed by atoms with E-state index in [9.17, 15) is 4.79 Å². The molecule has 0 bridgehead atoms. The van der Waals surface area contributed by atoms with Crippen LogP contribution in [0.4, 0.5) is 5.82 Å². The first-order chi connectivity index (χ1) is 6.83. The number of aromatic amines is 1. The molecule has 0 aliphatic heterocycles. The first-order valence-electron chi connectivity index (χ1n) is 4.13. The summed E-state index contributed by atoms with van der Waals surface area (Å²) in [5, 5.41) is 3.02. The highest BCUT2D eigenvalue weighted by Gasteiger charge is 1.92. The number of thioether (sulfide) groups is 1. The summed E-state index contributed by atoms with van der Waals surface area (Å²) in [6.45, 7) is 0.753. The van der Waals surface area contributed by atoms with E-state index >= 15 is 0 Å². The van der Waals surface area contributed by atoms with Gasteiger partial charge < -0.3 is 10.3 Å². The zero-order valence-electron chi connectivity index (χ0n) is 7.62. The van der Waals surface area contributed by atoms with Crippen LogP contribution in [0.25, 0.3) is 0 Å². The van der Waals surface area contributed by atoms with Gasteiger partial charge in [-0.15, -0.1) is 18.2 Å². The quantitative estimate of drug-likeness (QED) is 0.549. The Morgan fingerprint density at radius 3 is 3.29 bits per heavy atom. The Balaban J connectivity index is 2.25. The predicted octanol–water partition coefficient (Wildman–Crippen LogP) is 0.548. The van der Waals surface area contributed by atoms with Crippen molar-refractivity contribution in [3.8, 4) is 12.3 Å². The Bertz CT molecular complexity index is 369. The smallest absolute Gasteiger partial charge is 0.252 e. The number of hydrogen-bond donors (Lipinski definition) is 2. The van der Waals surface area contributed by atoms with Gasteiger partial charge in [-0.2, -0.15) is 0 Å². The van der Waals surface area contributed by atoms with Crippen LogP contribution in [0, 0.1) is 12.3 Å². The van der Waals surface area contributed by atoms with Crippen LogP contribution in [0.2, 0.25) is 0 Å². The fourth-order valence-electron chi connectivity index (χ4n) is 0.848. The molecule has 4 nitrogen and oxygen atoms in total. The fourth-order valence-corrected chi connectivity index (χ4v) is 1.36. The normalized spacial score (nSPS) is 9.36. The molecule has 2 N–H and O–H groups in total. The minimum atomic E-state index is -0.154. The van der Waals surface area contributed by atoms with Crippen molar-refractivity contribution >= 4 is 17.6 Å². The van der Waals surface area contributed by atoms with Crippen LogP contribution in [0.5, 0.6) is 0 Å². The van der Waals surface area contributed by atoms with Crippen molar-refractivity contribution in [1.29, 1.82) is 0 Å². The maximum absolute atomic E-state index is 10.9. The van der Waals surface area contributed by atoms with E-state index in [0.717, 1.165) is 12.3 Å². The topological polar surface area (TPSA) is 57.8 Å². The van der Waals surface area contributed by atoms with Crippen LogP contribution >= 0.6 is 11.8 Å². The van der Waals surface area contributed by atoms with Gasteiger partial charge in [0.15, 0.2) is 0 Å². The summed E-state index contributed by atoms with van der Waals surface area (Å²) >= 11 is 1.66. The molecule has 0 fully saturated rings. The van der Waals surface area contributed by atoms with E-state index in [-0.39, 0.29) is 5.56 Å². The molecule has 0 spiro atoms. The molecule has 1 aromatic rings. The molecule has 5 heteroatoms. The molecule has 0 atom stereocenters. The van der Waals surface area contributed by atoms with E-state index in [1.165, 1.54) is 12.4 Å². The summed E-state index contributed by atoms with van der Waals surface area (Å²) in [6.07, 6.45) is 6.47. The number of rotatable bonds is 5. The Morgan fingerprint density at radius 1 is 1.71 bits per heavy atom. The van der Waals surface area contributed by atoms with E-state index in [1.807, 2.05) is 0 Å². The maximum Gasteiger partial charge on any atom is 0.252 e. The second-order valence-electron chi connectivity index (χ2n) is 2.48. The van der Waals surface area contributed by atoms with E-state index in [2.05, 4.69) is 21.2 Å². The Kier molecular flexibility index (Phi) is 4.65. The SMILES string of the molecule is C#CCSCCNc1cc(=O)[nH]cn1. The molecule has 0 radical (unpaired) electrons. The Morgan fingerprint density at radius 2 is 2.57 bits per heavy atom. The van der Waals surface area contributed by atoms with E-state index in [4.69, 9.17) is 6.42 Å². The lowest BCUT2D eigenvalue weighted by Crippen LogP contribution is -2.11. The first-order valence-corrected chi connectivity index (χ1v) is 5.28. The maximum atomic E-state index is 10.9. The zero-order chi connectivity index (χ0) is 10.2. The molecular weight excluding hydrogens is 198 g/mol. The molecule has 14 heavy (non-hydrogen) atoms. The summed E-state index contributed by atoms with van der Waals surface area (Å²) in [6, 6.07) is 1.42. The number of aromatic nitrogens is 2. The van der Waals surface area contributed by atoms with Crippen molar-refractivity contribution in [3.05, 3.63) is 22.7 Å². The first kappa shape index (κ1) is 10.7. The van der Waals surface area contributed by atoms with Gasteiger partial charge in [0.25, 0.3) is 5.56 Å². The number of nitrogens with one attached hydrogen (secondary N) is 2. The van der Waals surface area contributed by atoms with Crippen molar-refractivity contribution in [3.63, 3.8) is 0 Å². The lowest BCUT2D eigenvalue weighted by molar-refractivity contribution is 1.09. The minimum absolute atomic E-state index is 0.154. The highest BCUT2D eigenvalue weighted by molar-refractivity contribution is 7.99. The molecule has 0 aliphatic carbocycles. The van der Waals surface area contributed by atoms with Crippen LogP contribution in [0.3, 0.4) is 0 Å². The summed E-state index contributed by atoms with van der Waals surface area (Å²) < 4.78 is 0. The minimum Gasteiger partial charge on any atom is -0.369 e. The third-order valence-electron chi connectivity index (χ3n) is 1.42. The standard InChI is InChI=1S/C9H11N3OS/c1-2-4-14-5-3-10-8-6-9(13)12-7-11-8/h1,6-7H,3-5H2,(H2,10,11,12,13). The largest absolute Gasteiger partial charge is 0.369 e. The number of anilines is 1. The molecule has 1 aromatic heterocycles. The fraction of sp³-hybridized carbons (Fsp3) is 0.333. The average molecular weight is 209 g/mol. The van der Waals surface area contributed by atoms with Gasteiger partial charge in [0.05, 0.1) is 12.1 Å². The van der Waals surface area contributed by atoms with Gasteiger partial charge in [-0.1, -0.05) is 5.92 Å². The summed E-state index contributed by atoms with van der Waals surface area (Å²) in [7, 11) is 0. The molecule has 1 rings (SSSR count). The zero-order valence-corrected chi connectivity index (χ0v) is 8.43. The number of hydrogen-bond acceptors (Lipinski definition) is 4. The van der Waals surface area contributed by atoms with Crippen molar-refractivity contribution < 1.29 is 0 Å². The van der Waals surface area contributed by atoms with E-state index in [1.54, 1.807) is 11.8 Å². The van der Waals surface area contributed by atoms with Crippen molar-refractivity contribution in [2.75, 3.05) is 23.4 Å². The Hall–Kier alpha value is -1.41. The molecule has 1 heterocycles. The van der Waals surface area contributed by atoms with Gasteiger partial charge in [0.1, 0.15) is 5.82 Å². The highest BCUT2D eigenvalue weighted by atomic mass is 32.2. The van der Waals surface area contributed by atoms with Gasteiger partial charge >= 0.3 is 0 Å². The number of terminal acetylenes is 1. The van der Waals surface area contributed by atoms with E-state index < -0.39 is 0 Å². The molecule has 0 saturated heterocycles. The van der Waals surface area contributed by atoms with E-state index in [0.29, 0.717) is 11.6 Å². The van der Waals surface area contributed by atoms with Crippen LogP contribution in [-0.4, -0.2) is 28.0 Å². The lowest BCUT2D eigenvalue weighted by atomic mass is 10.5. The predicted molar refractivity (Wildman–Crippen MR) is 59.5 cm³/mol. The molecule has 0 aliphatic rings. The average Bonchev–Trinajstić information content (AvgIpc) is 2.18. The van der Waals surface area contributed by atoms with Crippen LogP contribution in [0.15, 0.2) is 17.2 Å². The van der Waals surface area contributed by atoms with Crippen LogP contribution in [0.1, 0.15) is 0 Å². The molecule has 0 unspecified atom stereocenters. The summed E-state index contributed by atoms with van der Waals surface area (Å²) in [5.41, 5.74) is -0.154. The monoisotopic (exact) mass is 209 g/mol. The summed E-state index contributed by atoms with van der Waals surface area (Å²) in [4.78, 5) is 17.2. The number of H-pyrrole nitrogens is 1. The van der Waals surface area contributed by atoms with Gasteiger partial charge in [0.2, 0.25) is 0 Å². The summed E-state index contributed by atoms with van der Waals surface area (Å²) in [5.74, 6) is 4.75. The second-order valence-corrected chi connectivity index (χ2v) is 3.59. The molecular formula is C9H11N3OS. The van der Waals surface area contributed by atoms with Crippen LogP contribution in [-0.2, 0) is 0 Å². The van der Waals surface area contributed by atoms with Gasteiger partial charge in [-0.3, -0.25) is 4.79 Å². The molecule has 0 saturated carbocycles. The lowest BCUT2D eigenvalue weighted by Gasteiger charge is -2.02. The van der Waals surface area contributed by atoms with Gasteiger partial charge in [0, 0.05) is 18.4 Å². The van der Waals surface area contributed by atoms with Crippen molar-refractivity contribution in [1.82, 2.24) is 9.97 Å². The van der Waals surface area contributed by atoms with Gasteiger partial charge in [-0.25, -0.2) is 4.98 Å². The molecule has 0 aromatic carbocycles. The van der Waals surface area contributed by atoms with Crippen molar-refractivity contribution in [2.45, 2.75) is 0 Å². The molecule has 0 amide bonds. The van der Waals surface area contributed by atoms with Crippen molar-refractivity contribution in [2.24, 2.45) is 0 Å². The van der Waals surface area contributed by atoms with Crippen LogP contribution < -0.4 is 10.9 Å².